The second kappa shape index (κ2) is 12.6. The summed E-state index contributed by atoms with van der Waals surface area (Å²) in [6.07, 6.45) is 0. The van der Waals surface area contributed by atoms with E-state index in [0.29, 0.717) is 23.1 Å². The van der Waals surface area contributed by atoms with E-state index in [4.69, 9.17) is 16.3 Å². The molecule has 0 heterocycles. The highest BCUT2D eigenvalue weighted by Crippen LogP contribution is 2.26. The zero-order valence-electron chi connectivity index (χ0n) is 20.9. The summed E-state index contributed by atoms with van der Waals surface area (Å²) >= 11 is 5.99. The maximum Gasteiger partial charge on any atom is 0.264 e. The minimum absolute atomic E-state index is 0.0104. The van der Waals surface area contributed by atoms with Crippen molar-refractivity contribution in [1.29, 1.82) is 0 Å². The summed E-state index contributed by atoms with van der Waals surface area (Å²) in [4.78, 5) is 27.5. The molecule has 2 amide bonds. The van der Waals surface area contributed by atoms with E-state index in [0.717, 1.165) is 9.87 Å². The highest BCUT2D eigenvalue weighted by atomic mass is 35.5. The highest BCUT2D eigenvalue weighted by Gasteiger charge is 2.32. The summed E-state index contributed by atoms with van der Waals surface area (Å²) in [6.45, 7) is 3.47. The van der Waals surface area contributed by atoms with Gasteiger partial charge in [-0.25, -0.2) is 8.42 Å². The van der Waals surface area contributed by atoms with Gasteiger partial charge in [0.1, 0.15) is 18.3 Å². The fourth-order valence-electron chi connectivity index (χ4n) is 3.70. The topological polar surface area (TPSA) is 96.0 Å². The quantitative estimate of drug-likeness (QED) is 0.393. The molecule has 0 radical (unpaired) electrons. The Balaban J connectivity index is 1.98. The lowest BCUT2D eigenvalue weighted by Crippen LogP contribution is -2.50. The van der Waals surface area contributed by atoms with Crippen LogP contribution in [0.1, 0.15) is 19.4 Å². The van der Waals surface area contributed by atoms with E-state index in [1.165, 1.54) is 24.1 Å². The second-order valence-corrected chi connectivity index (χ2v) is 10.5. The number of halogens is 1. The smallest absolute Gasteiger partial charge is 0.264 e. The van der Waals surface area contributed by atoms with Crippen molar-refractivity contribution in [2.24, 2.45) is 0 Å². The summed E-state index contributed by atoms with van der Waals surface area (Å²) < 4.78 is 33.9. The fraction of sp³-hybridized carbons (Fsp3) is 0.259. The minimum atomic E-state index is -4.13. The maximum absolute atomic E-state index is 13.7. The van der Waals surface area contributed by atoms with E-state index in [2.05, 4.69) is 5.32 Å². The van der Waals surface area contributed by atoms with Crippen molar-refractivity contribution in [3.63, 3.8) is 0 Å². The number of nitrogens with one attached hydrogen (secondary N) is 1. The molecule has 196 valence electrons. The molecule has 0 bridgehead atoms. The lowest BCUT2D eigenvalue weighted by molar-refractivity contribution is -0.139. The molecule has 0 fully saturated rings. The van der Waals surface area contributed by atoms with Crippen LogP contribution in [-0.4, -0.2) is 51.4 Å². The number of hydrogen-bond donors (Lipinski definition) is 1. The van der Waals surface area contributed by atoms with Crippen LogP contribution in [0.5, 0.6) is 5.75 Å². The summed E-state index contributed by atoms with van der Waals surface area (Å²) in [5.41, 5.74) is 1.07. The van der Waals surface area contributed by atoms with Gasteiger partial charge in [-0.1, -0.05) is 41.9 Å². The Labute approximate surface area is 222 Å². The average Bonchev–Trinajstić information content (AvgIpc) is 2.91. The van der Waals surface area contributed by atoms with Gasteiger partial charge in [-0.3, -0.25) is 13.9 Å². The molecule has 10 heteroatoms. The summed E-state index contributed by atoms with van der Waals surface area (Å²) in [6, 6.07) is 20.5. The third-order valence-electron chi connectivity index (χ3n) is 5.73. The van der Waals surface area contributed by atoms with Gasteiger partial charge in [0.25, 0.3) is 10.0 Å². The van der Waals surface area contributed by atoms with Crippen LogP contribution < -0.4 is 14.4 Å². The molecule has 1 atom stereocenters. The molecule has 0 spiro atoms. The molecule has 0 aromatic heterocycles. The van der Waals surface area contributed by atoms with Gasteiger partial charge in [0.2, 0.25) is 11.8 Å². The zero-order chi connectivity index (χ0) is 27.0. The lowest BCUT2D eigenvalue weighted by Gasteiger charge is -2.31. The third kappa shape index (κ3) is 7.02. The Bertz CT molecular complexity index is 1300. The Kier molecular flexibility index (Phi) is 9.54. The molecule has 0 saturated heterocycles. The first-order valence-electron chi connectivity index (χ1n) is 11.7. The van der Waals surface area contributed by atoms with Crippen LogP contribution in [0.4, 0.5) is 5.69 Å². The van der Waals surface area contributed by atoms with Crippen LogP contribution in [0.15, 0.2) is 83.8 Å². The molecule has 3 rings (SSSR count). The molecule has 0 saturated carbocycles. The van der Waals surface area contributed by atoms with Gasteiger partial charge in [0, 0.05) is 18.6 Å². The number of benzene rings is 3. The van der Waals surface area contributed by atoms with Crippen molar-refractivity contribution in [2.45, 2.75) is 31.3 Å². The number of carbonyl (C=O) groups is 2. The number of ether oxygens (including phenoxy) is 1. The first-order chi connectivity index (χ1) is 17.7. The van der Waals surface area contributed by atoms with Crippen molar-refractivity contribution in [2.75, 3.05) is 24.5 Å². The van der Waals surface area contributed by atoms with E-state index in [1.807, 2.05) is 6.92 Å². The third-order valence-corrected chi connectivity index (χ3v) is 7.77. The molecule has 1 unspecified atom stereocenters. The molecule has 37 heavy (non-hydrogen) atoms. The fourth-order valence-corrected chi connectivity index (χ4v) is 5.24. The molecular weight excluding hydrogens is 514 g/mol. The van der Waals surface area contributed by atoms with Gasteiger partial charge in [0.15, 0.2) is 0 Å². The van der Waals surface area contributed by atoms with E-state index in [1.54, 1.807) is 73.7 Å². The number of amides is 2. The van der Waals surface area contributed by atoms with Crippen molar-refractivity contribution >= 4 is 39.1 Å². The second-order valence-electron chi connectivity index (χ2n) is 8.19. The van der Waals surface area contributed by atoms with Gasteiger partial charge in [-0.2, -0.15) is 0 Å². The number of sulfonamides is 1. The molecule has 8 nitrogen and oxygen atoms in total. The maximum atomic E-state index is 13.7. The predicted octanol–water partition coefficient (Wildman–Crippen LogP) is 4.10. The van der Waals surface area contributed by atoms with E-state index >= 15 is 0 Å². The van der Waals surface area contributed by atoms with Crippen LogP contribution in [-0.2, 0) is 26.2 Å². The SMILES string of the molecule is CCOc1ccc(S(=O)(=O)N(CC(=O)N(Cc2ccc(Cl)cc2)C(C)C(=O)NC)c2ccccc2)cc1. The van der Waals surface area contributed by atoms with Crippen LogP contribution in [0.25, 0.3) is 0 Å². The van der Waals surface area contributed by atoms with Crippen LogP contribution in [0.2, 0.25) is 5.02 Å². The molecule has 0 aliphatic rings. The average molecular weight is 544 g/mol. The number of nitrogens with zero attached hydrogens (tertiary/aromatic N) is 2. The summed E-state index contributed by atoms with van der Waals surface area (Å²) in [5, 5.41) is 3.09. The van der Waals surface area contributed by atoms with Crippen LogP contribution in [0.3, 0.4) is 0 Å². The van der Waals surface area contributed by atoms with E-state index in [9.17, 15) is 18.0 Å². The van der Waals surface area contributed by atoms with Crippen LogP contribution in [0, 0.1) is 0 Å². The van der Waals surface area contributed by atoms with Gasteiger partial charge in [-0.05, 0) is 67.9 Å². The lowest BCUT2D eigenvalue weighted by atomic mass is 10.1. The van der Waals surface area contributed by atoms with Gasteiger partial charge in [0.05, 0.1) is 17.2 Å². The molecule has 1 N–H and O–H groups in total. The van der Waals surface area contributed by atoms with Crippen molar-refractivity contribution < 1.29 is 22.7 Å². The predicted molar refractivity (Wildman–Crippen MR) is 144 cm³/mol. The number of anilines is 1. The standard InChI is InChI=1S/C27H30ClN3O5S/c1-4-36-24-14-16-25(17-15-24)37(34,35)31(23-8-6-5-7-9-23)19-26(32)30(20(2)27(33)29-3)18-21-10-12-22(28)13-11-21/h5-17,20H,4,18-19H2,1-3H3,(H,29,33). The van der Waals surface area contributed by atoms with Crippen molar-refractivity contribution in [3.05, 3.63) is 89.4 Å². The van der Waals surface area contributed by atoms with Crippen LogP contribution >= 0.6 is 11.6 Å². The molecular formula is C27H30ClN3O5S. The number of rotatable bonds is 11. The number of likely N-dealkylation sites (N-methyl/N-ethyl adjacent to an activating group) is 1. The Morgan fingerprint density at radius 1 is 0.973 bits per heavy atom. The summed E-state index contributed by atoms with van der Waals surface area (Å²) in [7, 11) is -2.65. The first-order valence-corrected chi connectivity index (χ1v) is 13.5. The van der Waals surface area contributed by atoms with E-state index < -0.39 is 28.5 Å². The Hall–Kier alpha value is -3.56. The minimum Gasteiger partial charge on any atom is -0.494 e. The number of carbonyl (C=O) groups excluding carboxylic acids is 2. The van der Waals surface area contributed by atoms with Gasteiger partial charge >= 0.3 is 0 Å². The highest BCUT2D eigenvalue weighted by molar-refractivity contribution is 7.92. The number of hydrogen-bond acceptors (Lipinski definition) is 5. The zero-order valence-corrected chi connectivity index (χ0v) is 22.5. The largest absolute Gasteiger partial charge is 0.494 e. The van der Waals surface area contributed by atoms with Gasteiger partial charge < -0.3 is 15.0 Å². The molecule has 3 aromatic rings. The molecule has 0 aliphatic heterocycles. The molecule has 0 aliphatic carbocycles. The Morgan fingerprint density at radius 3 is 2.16 bits per heavy atom. The molecule has 3 aromatic carbocycles. The normalized spacial score (nSPS) is 11.9. The van der Waals surface area contributed by atoms with Gasteiger partial charge in [-0.15, -0.1) is 0 Å². The number of para-hydroxylation sites is 1. The van der Waals surface area contributed by atoms with Crippen molar-refractivity contribution in [1.82, 2.24) is 10.2 Å². The van der Waals surface area contributed by atoms with E-state index in [-0.39, 0.29) is 17.3 Å². The van der Waals surface area contributed by atoms with Crippen molar-refractivity contribution in [3.8, 4) is 5.75 Å². The summed E-state index contributed by atoms with van der Waals surface area (Å²) in [5.74, 6) is -0.371. The first kappa shape index (κ1) is 28.0. The Morgan fingerprint density at radius 2 is 1.59 bits per heavy atom. The monoisotopic (exact) mass is 543 g/mol.